The van der Waals surface area contributed by atoms with Crippen LogP contribution in [-0.2, 0) is 6.42 Å². The van der Waals surface area contributed by atoms with Crippen LogP contribution in [-0.4, -0.2) is 64.4 Å². The minimum absolute atomic E-state index is 0.0306. The van der Waals surface area contributed by atoms with E-state index in [1.807, 2.05) is 24.3 Å². The molecule has 0 spiro atoms. The van der Waals surface area contributed by atoms with Crippen molar-refractivity contribution in [3.8, 4) is 0 Å². The van der Waals surface area contributed by atoms with Crippen LogP contribution in [0.15, 0.2) is 48.5 Å². The van der Waals surface area contributed by atoms with Crippen molar-refractivity contribution in [3.63, 3.8) is 0 Å². The average molecular weight is 487 g/mol. The first kappa shape index (κ1) is 23.1. The Hall–Kier alpha value is -3.08. The highest BCUT2D eigenvalue weighted by Gasteiger charge is 2.20. The number of aromatic nitrogens is 2. The van der Waals surface area contributed by atoms with Gasteiger partial charge in [-0.05, 0) is 29.8 Å². The number of anilines is 1. The first-order chi connectivity index (χ1) is 16.0. The topological polar surface area (TPSA) is 104 Å². The molecule has 0 saturated carbocycles. The van der Waals surface area contributed by atoms with E-state index in [-0.39, 0.29) is 11.6 Å². The molecule has 0 radical (unpaired) electrons. The van der Waals surface area contributed by atoms with Gasteiger partial charge in [0.25, 0.3) is 11.6 Å². The van der Waals surface area contributed by atoms with Crippen molar-refractivity contribution in [2.24, 2.45) is 0 Å². The number of rotatable bonds is 8. The van der Waals surface area contributed by atoms with E-state index in [9.17, 15) is 14.9 Å². The Morgan fingerprint density at radius 2 is 1.79 bits per heavy atom. The summed E-state index contributed by atoms with van der Waals surface area (Å²) in [5.74, 6) is 0.583. The molecule has 1 aliphatic rings. The molecular weight excluding hydrogens is 464 g/mol. The Kier molecular flexibility index (Phi) is 7.48. The number of nitrogens with zero attached hydrogens (tertiary/aromatic N) is 5. The molecule has 2 heterocycles. The summed E-state index contributed by atoms with van der Waals surface area (Å²) in [5, 5.41) is 15.2. The van der Waals surface area contributed by atoms with E-state index in [0.29, 0.717) is 18.5 Å². The van der Waals surface area contributed by atoms with Crippen LogP contribution in [0.5, 0.6) is 0 Å². The van der Waals surface area contributed by atoms with Crippen LogP contribution in [0.25, 0.3) is 0 Å². The van der Waals surface area contributed by atoms with Gasteiger partial charge in [-0.3, -0.25) is 19.8 Å². The molecule has 4 rings (SSSR count). The first-order valence-electron chi connectivity index (χ1n) is 10.5. The number of nitrogens with one attached hydrogen (secondary N) is 1. The highest BCUT2D eigenvalue weighted by Crippen LogP contribution is 2.21. The molecule has 1 fully saturated rings. The Labute approximate surface area is 200 Å². The number of carbonyl (C=O) groups is 1. The smallest absolute Gasteiger partial charge is 0.269 e. The summed E-state index contributed by atoms with van der Waals surface area (Å²) in [6.07, 6.45) is 0.683. The average Bonchev–Trinajstić information content (AvgIpc) is 3.29. The number of nitro groups is 1. The van der Waals surface area contributed by atoms with E-state index in [0.717, 1.165) is 54.3 Å². The number of nitro benzene ring substituents is 1. The summed E-state index contributed by atoms with van der Waals surface area (Å²) < 4.78 is 4.50. The molecule has 0 aliphatic carbocycles. The van der Waals surface area contributed by atoms with E-state index in [4.69, 9.17) is 16.6 Å². The third-order valence-corrected chi connectivity index (χ3v) is 6.50. The molecule has 2 aromatic carbocycles. The second-order valence-electron chi connectivity index (χ2n) is 7.68. The van der Waals surface area contributed by atoms with E-state index in [2.05, 4.69) is 19.5 Å². The lowest BCUT2D eigenvalue weighted by molar-refractivity contribution is -0.384. The Morgan fingerprint density at radius 3 is 2.45 bits per heavy atom. The lowest BCUT2D eigenvalue weighted by atomic mass is 10.1. The molecule has 0 atom stereocenters. The molecule has 33 heavy (non-hydrogen) atoms. The standard InChI is InChI=1S/C22H23ClN6O3S/c23-18-5-1-16(2-6-18)15-20-25-22(33-26-20)28-13-11-27(12-14-28)10-9-24-21(30)17-3-7-19(8-4-17)29(31)32/h1-8H,9-15H2,(H,24,30). The molecular formula is C22H23ClN6O3S. The second-order valence-corrected chi connectivity index (χ2v) is 8.85. The van der Waals surface area contributed by atoms with E-state index in [1.54, 1.807) is 0 Å². The van der Waals surface area contributed by atoms with Gasteiger partial charge in [0.2, 0.25) is 5.13 Å². The van der Waals surface area contributed by atoms with Gasteiger partial charge in [0.15, 0.2) is 0 Å². The fourth-order valence-electron chi connectivity index (χ4n) is 3.56. The second kappa shape index (κ2) is 10.7. The molecule has 172 valence electrons. The van der Waals surface area contributed by atoms with Gasteiger partial charge in [-0.1, -0.05) is 23.7 Å². The zero-order valence-electron chi connectivity index (χ0n) is 17.8. The van der Waals surface area contributed by atoms with Gasteiger partial charge in [-0.2, -0.15) is 4.37 Å². The molecule has 1 amide bonds. The summed E-state index contributed by atoms with van der Waals surface area (Å²) in [6.45, 7) is 4.71. The van der Waals surface area contributed by atoms with Crippen molar-refractivity contribution in [2.75, 3.05) is 44.2 Å². The first-order valence-corrected chi connectivity index (χ1v) is 11.7. The molecule has 1 N–H and O–H groups in total. The quantitative estimate of drug-likeness (QED) is 0.385. The van der Waals surface area contributed by atoms with Crippen molar-refractivity contribution in [1.29, 1.82) is 0 Å². The van der Waals surface area contributed by atoms with Gasteiger partial charge in [0, 0.05) is 79.9 Å². The van der Waals surface area contributed by atoms with E-state index in [1.165, 1.54) is 35.8 Å². The van der Waals surface area contributed by atoms with Gasteiger partial charge in [0.05, 0.1) is 4.92 Å². The van der Waals surface area contributed by atoms with Crippen molar-refractivity contribution >= 4 is 39.9 Å². The summed E-state index contributed by atoms with van der Waals surface area (Å²) in [4.78, 5) is 31.7. The van der Waals surface area contributed by atoms with Crippen LogP contribution < -0.4 is 10.2 Å². The highest BCUT2D eigenvalue weighted by molar-refractivity contribution is 7.09. The van der Waals surface area contributed by atoms with Gasteiger partial charge < -0.3 is 10.2 Å². The predicted octanol–water partition coefficient (Wildman–Crippen LogP) is 3.24. The lowest BCUT2D eigenvalue weighted by Gasteiger charge is -2.34. The van der Waals surface area contributed by atoms with Gasteiger partial charge >= 0.3 is 0 Å². The maximum Gasteiger partial charge on any atom is 0.269 e. The normalized spacial score (nSPS) is 14.3. The Balaban J connectivity index is 1.19. The molecule has 0 bridgehead atoms. The van der Waals surface area contributed by atoms with Crippen LogP contribution in [0.1, 0.15) is 21.7 Å². The molecule has 1 aliphatic heterocycles. The fourth-order valence-corrected chi connectivity index (χ4v) is 4.42. The number of hydrogen-bond donors (Lipinski definition) is 1. The SMILES string of the molecule is O=C(NCCN1CCN(c2nc(Cc3ccc(Cl)cc3)ns2)CC1)c1ccc([N+](=O)[O-])cc1. The highest BCUT2D eigenvalue weighted by atomic mass is 35.5. The molecule has 3 aromatic rings. The maximum absolute atomic E-state index is 12.2. The number of non-ortho nitro benzene ring substituents is 1. The largest absolute Gasteiger partial charge is 0.351 e. The predicted molar refractivity (Wildman–Crippen MR) is 128 cm³/mol. The lowest BCUT2D eigenvalue weighted by Crippen LogP contribution is -2.48. The fraction of sp³-hybridized carbons (Fsp3) is 0.318. The number of carbonyl (C=O) groups excluding carboxylic acids is 1. The summed E-state index contributed by atoms with van der Waals surface area (Å²) in [5.41, 5.74) is 1.51. The number of benzene rings is 2. The van der Waals surface area contributed by atoms with Crippen LogP contribution in [0.3, 0.4) is 0 Å². The van der Waals surface area contributed by atoms with Crippen LogP contribution in [0.4, 0.5) is 10.8 Å². The van der Waals surface area contributed by atoms with Crippen LogP contribution >= 0.6 is 23.1 Å². The number of amides is 1. The Morgan fingerprint density at radius 1 is 1.09 bits per heavy atom. The third-order valence-electron chi connectivity index (χ3n) is 5.43. The molecule has 9 nitrogen and oxygen atoms in total. The zero-order chi connectivity index (χ0) is 23.2. The number of halogens is 1. The van der Waals surface area contributed by atoms with Crippen LogP contribution in [0, 0.1) is 10.1 Å². The van der Waals surface area contributed by atoms with Crippen LogP contribution in [0.2, 0.25) is 5.02 Å². The van der Waals surface area contributed by atoms with Crippen molar-refractivity contribution in [3.05, 3.63) is 80.6 Å². The molecule has 0 unspecified atom stereocenters. The van der Waals surface area contributed by atoms with E-state index >= 15 is 0 Å². The van der Waals surface area contributed by atoms with Gasteiger partial charge in [-0.15, -0.1) is 0 Å². The van der Waals surface area contributed by atoms with E-state index < -0.39 is 4.92 Å². The summed E-state index contributed by atoms with van der Waals surface area (Å²) in [7, 11) is 0. The van der Waals surface area contributed by atoms with Gasteiger partial charge in [0.1, 0.15) is 5.82 Å². The van der Waals surface area contributed by atoms with Crippen molar-refractivity contribution in [1.82, 2.24) is 19.6 Å². The number of hydrogen-bond acceptors (Lipinski definition) is 8. The monoisotopic (exact) mass is 486 g/mol. The third kappa shape index (κ3) is 6.25. The Bertz CT molecular complexity index is 1100. The molecule has 1 aromatic heterocycles. The maximum atomic E-state index is 12.2. The number of piperazine rings is 1. The van der Waals surface area contributed by atoms with Crippen molar-refractivity contribution < 1.29 is 9.72 Å². The molecule has 1 saturated heterocycles. The summed E-state index contributed by atoms with van der Waals surface area (Å²) in [6, 6.07) is 13.3. The zero-order valence-corrected chi connectivity index (χ0v) is 19.4. The summed E-state index contributed by atoms with van der Waals surface area (Å²) >= 11 is 7.36. The van der Waals surface area contributed by atoms with Gasteiger partial charge in [-0.25, -0.2) is 4.98 Å². The molecule has 11 heteroatoms. The minimum Gasteiger partial charge on any atom is -0.351 e. The van der Waals surface area contributed by atoms with Crippen molar-refractivity contribution in [2.45, 2.75) is 6.42 Å². The minimum atomic E-state index is -0.483.